The molecule has 124 valence electrons. The zero-order valence-electron chi connectivity index (χ0n) is 14.5. The SMILES string of the molecule is CCN(CC)CCN(CC(C)C)C(=O)C1CCCCCN1. The minimum absolute atomic E-state index is 0.0444. The molecule has 1 saturated heterocycles. The van der Waals surface area contributed by atoms with E-state index in [9.17, 15) is 4.79 Å². The maximum atomic E-state index is 12.8. The van der Waals surface area contributed by atoms with Gasteiger partial charge in [-0.25, -0.2) is 0 Å². The zero-order chi connectivity index (χ0) is 15.7. The summed E-state index contributed by atoms with van der Waals surface area (Å²) in [6.07, 6.45) is 4.63. The number of carbonyl (C=O) groups excluding carboxylic acids is 1. The topological polar surface area (TPSA) is 35.6 Å². The van der Waals surface area contributed by atoms with Crippen molar-refractivity contribution >= 4 is 5.91 Å². The number of rotatable bonds is 8. The molecule has 21 heavy (non-hydrogen) atoms. The van der Waals surface area contributed by atoms with Crippen molar-refractivity contribution in [2.24, 2.45) is 5.92 Å². The maximum Gasteiger partial charge on any atom is 0.239 e. The van der Waals surface area contributed by atoms with Crippen LogP contribution in [0.4, 0.5) is 0 Å². The average molecular weight is 297 g/mol. The summed E-state index contributed by atoms with van der Waals surface area (Å²) in [5.74, 6) is 0.842. The lowest BCUT2D eigenvalue weighted by Crippen LogP contribution is -2.49. The van der Waals surface area contributed by atoms with Crippen molar-refractivity contribution in [1.82, 2.24) is 15.1 Å². The number of carbonyl (C=O) groups is 1. The van der Waals surface area contributed by atoms with Gasteiger partial charge >= 0.3 is 0 Å². The van der Waals surface area contributed by atoms with E-state index in [0.717, 1.165) is 45.7 Å². The monoisotopic (exact) mass is 297 g/mol. The van der Waals surface area contributed by atoms with E-state index in [1.54, 1.807) is 0 Å². The predicted octanol–water partition coefficient (Wildman–Crippen LogP) is 2.34. The molecule has 1 heterocycles. The van der Waals surface area contributed by atoms with Crippen LogP contribution in [0.3, 0.4) is 0 Å². The Kier molecular flexibility index (Phi) is 8.93. The molecule has 1 aliphatic rings. The van der Waals surface area contributed by atoms with Gasteiger partial charge in [-0.2, -0.15) is 0 Å². The standard InChI is InChI=1S/C17H35N3O/c1-5-19(6-2)12-13-20(14-15(3)4)17(21)16-10-8-7-9-11-18-16/h15-16,18H,5-14H2,1-4H3. The van der Waals surface area contributed by atoms with Crippen molar-refractivity contribution in [3.05, 3.63) is 0 Å². The molecule has 0 aliphatic carbocycles. The van der Waals surface area contributed by atoms with Gasteiger partial charge in [0.25, 0.3) is 0 Å². The van der Waals surface area contributed by atoms with Crippen LogP contribution in [0.5, 0.6) is 0 Å². The van der Waals surface area contributed by atoms with Crippen molar-refractivity contribution in [2.75, 3.05) is 39.3 Å². The van der Waals surface area contributed by atoms with Crippen LogP contribution in [0.1, 0.15) is 53.4 Å². The van der Waals surface area contributed by atoms with Gasteiger partial charge in [-0.1, -0.05) is 40.5 Å². The molecule has 0 saturated carbocycles. The van der Waals surface area contributed by atoms with E-state index in [1.807, 2.05) is 0 Å². The molecule has 4 nitrogen and oxygen atoms in total. The van der Waals surface area contributed by atoms with Crippen molar-refractivity contribution in [3.63, 3.8) is 0 Å². The summed E-state index contributed by atoms with van der Waals surface area (Å²) in [4.78, 5) is 17.3. The number of hydrogen-bond acceptors (Lipinski definition) is 3. The van der Waals surface area contributed by atoms with Crippen LogP contribution in [-0.4, -0.2) is 61.0 Å². The fourth-order valence-electron chi connectivity index (χ4n) is 2.99. The molecule has 1 rings (SSSR count). The molecule has 0 bridgehead atoms. The summed E-state index contributed by atoms with van der Waals surface area (Å²) in [6, 6.07) is 0.0444. The first-order valence-corrected chi connectivity index (χ1v) is 8.83. The molecule has 0 aromatic heterocycles. The zero-order valence-corrected chi connectivity index (χ0v) is 14.5. The average Bonchev–Trinajstić information content (AvgIpc) is 2.75. The highest BCUT2D eigenvalue weighted by Gasteiger charge is 2.25. The third-order valence-electron chi connectivity index (χ3n) is 4.34. The quantitative estimate of drug-likeness (QED) is 0.747. The van der Waals surface area contributed by atoms with Gasteiger partial charge in [-0.3, -0.25) is 4.79 Å². The predicted molar refractivity (Wildman–Crippen MR) is 89.5 cm³/mol. The summed E-state index contributed by atoms with van der Waals surface area (Å²) < 4.78 is 0. The van der Waals surface area contributed by atoms with Gasteiger partial charge in [-0.15, -0.1) is 0 Å². The van der Waals surface area contributed by atoms with E-state index in [4.69, 9.17) is 0 Å². The van der Waals surface area contributed by atoms with Crippen LogP contribution in [0.25, 0.3) is 0 Å². The Balaban J connectivity index is 2.59. The second kappa shape index (κ2) is 10.2. The lowest BCUT2D eigenvalue weighted by atomic mass is 10.1. The van der Waals surface area contributed by atoms with Crippen LogP contribution < -0.4 is 5.32 Å². The van der Waals surface area contributed by atoms with Gasteiger partial charge < -0.3 is 15.1 Å². The Morgan fingerprint density at radius 1 is 1.14 bits per heavy atom. The van der Waals surface area contributed by atoms with Crippen LogP contribution in [-0.2, 0) is 4.79 Å². The second-order valence-corrected chi connectivity index (χ2v) is 6.56. The molecule has 1 unspecified atom stereocenters. The summed E-state index contributed by atoms with van der Waals surface area (Å²) in [5, 5.41) is 3.45. The van der Waals surface area contributed by atoms with Crippen LogP contribution in [0.2, 0.25) is 0 Å². The van der Waals surface area contributed by atoms with Crippen molar-refractivity contribution in [1.29, 1.82) is 0 Å². The van der Waals surface area contributed by atoms with E-state index < -0.39 is 0 Å². The molecule has 0 spiro atoms. The lowest BCUT2D eigenvalue weighted by molar-refractivity contribution is -0.134. The highest BCUT2D eigenvalue weighted by molar-refractivity contribution is 5.82. The number of hydrogen-bond donors (Lipinski definition) is 1. The molecule has 0 radical (unpaired) electrons. The van der Waals surface area contributed by atoms with E-state index in [2.05, 4.69) is 42.8 Å². The van der Waals surface area contributed by atoms with Gasteiger partial charge in [0.05, 0.1) is 6.04 Å². The van der Waals surface area contributed by atoms with E-state index >= 15 is 0 Å². The van der Waals surface area contributed by atoms with Gasteiger partial charge in [0.1, 0.15) is 0 Å². The minimum Gasteiger partial charge on any atom is -0.340 e. The van der Waals surface area contributed by atoms with Crippen LogP contribution >= 0.6 is 0 Å². The summed E-state index contributed by atoms with van der Waals surface area (Å²) in [6.45, 7) is 14.6. The van der Waals surface area contributed by atoms with E-state index in [1.165, 1.54) is 19.3 Å². The van der Waals surface area contributed by atoms with Crippen molar-refractivity contribution < 1.29 is 4.79 Å². The largest absolute Gasteiger partial charge is 0.340 e. The van der Waals surface area contributed by atoms with Crippen LogP contribution in [0.15, 0.2) is 0 Å². The fraction of sp³-hybridized carbons (Fsp3) is 0.941. The molecule has 0 aromatic carbocycles. The normalized spacial score (nSPS) is 19.8. The van der Waals surface area contributed by atoms with E-state index in [0.29, 0.717) is 11.8 Å². The van der Waals surface area contributed by atoms with Gasteiger partial charge in [0, 0.05) is 19.6 Å². The van der Waals surface area contributed by atoms with Crippen molar-refractivity contribution in [2.45, 2.75) is 59.4 Å². The molecule has 1 fully saturated rings. The first-order chi connectivity index (χ1) is 10.1. The molecule has 0 aromatic rings. The third kappa shape index (κ3) is 6.79. The number of amides is 1. The fourth-order valence-corrected chi connectivity index (χ4v) is 2.99. The van der Waals surface area contributed by atoms with Crippen LogP contribution in [0, 0.1) is 5.92 Å². The van der Waals surface area contributed by atoms with E-state index in [-0.39, 0.29) is 6.04 Å². The Hall–Kier alpha value is -0.610. The van der Waals surface area contributed by atoms with Crippen molar-refractivity contribution in [3.8, 4) is 0 Å². The maximum absolute atomic E-state index is 12.8. The molecule has 1 aliphatic heterocycles. The van der Waals surface area contributed by atoms with Gasteiger partial charge in [-0.05, 0) is 38.4 Å². The minimum atomic E-state index is 0.0444. The Morgan fingerprint density at radius 2 is 1.86 bits per heavy atom. The summed E-state index contributed by atoms with van der Waals surface area (Å²) in [5.41, 5.74) is 0. The highest BCUT2D eigenvalue weighted by Crippen LogP contribution is 2.12. The highest BCUT2D eigenvalue weighted by atomic mass is 16.2. The molecule has 1 amide bonds. The lowest BCUT2D eigenvalue weighted by Gasteiger charge is -2.31. The summed E-state index contributed by atoms with van der Waals surface area (Å²) >= 11 is 0. The smallest absolute Gasteiger partial charge is 0.239 e. The number of likely N-dealkylation sites (N-methyl/N-ethyl adjacent to an activating group) is 1. The Labute approximate surface area is 131 Å². The summed E-state index contributed by atoms with van der Waals surface area (Å²) in [7, 11) is 0. The number of nitrogens with one attached hydrogen (secondary N) is 1. The molecular formula is C17H35N3O. The van der Waals surface area contributed by atoms with Gasteiger partial charge in [0.2, 0.25) is 5.91 Å². The molecular weight excluding hydrogens is 262 g/mol. The molecule has 4 heteroatoms. The third-order valence-corrected chi connectivity index (χ3v) is 4.34. The molecule has 1 N–H and O–H groups in total. The Morgan fingerprint density at radius 3 is 2.48 bits per heavy atom. The first-order valence-electron chi connectivity index (χ1n) is 8.83. The molecule has 1 atom stereocenters. The second-order valence-electron chi connectivity index (χ2n) is 6.56. The first kappa shape index (κ1) is 18.4. The van der Waals surface area contributed by atoms with Gasteiger partial charge in [0.15, 0.2) is 0 Å². The number of nitrogens with zero attached hydrogens (tertiary/aromatic N) is 2. The Bertz CT molecular complexity index is 282.